The number of nitrogens with one attached hydrogen (secondary N) is 1. The van der Waals surface area contributed by atoms with Crippen molar-refractivity contribution in [2.75, 3.05) is 5.32 Å². The average Bonchev–Trinajstić information content (AvgIpc) is 3.29. The fraction of sp³-hybridized carbons (Fsp3) is 0.0870. The predicted molar refractivity (Wildman–Crippen MR) is 123 cm³/mol. The van der Waals surface area contributed by atoms with E-state index in [1.165, 1.54) is 23.1 Å². The third-order valence-corrected chi connectivity index (χ3v) is 4.72. The van der Waals surface area contributed by atoms with E-state index in [1.54, 1.807) is 30.3 Å². The number of carboxylic acids is 1. The Bertz CT molecular complexity index is 1200. The predicted octanol–water partition coefficient (Wildman–Crippen LogP) is 4.56. The topological polar surface area (TPSA) is 110 Å². The molecule has 9 heteroatoms. The van der Waals surface area contributed by atoms with Gasteiger partial charge >= 0.3 is 5.97 Å². The average molecular weight is 450 g/mol. The number of amides is 1. The van der Waals surface area contributed by atoms with Gasteiger partial charge in [-0.3, -0.25) is 4.79 Å². The molecule has 0 aliphatic carbocycles. The molecule has 0 bridgehead atoms. The van der Waals surface area contributed by atoms with Gasteiger partial charge in [0.25, 0.3) is 0 Å². The number of benzene rings is 2. The van der Waals surface area contributed by atoms with Gasteiger partial charge in [0.05, 0.1) is 11.3 Å². The fourth-order valence-corrected chi connectivity index (χ4v) is 3.10. The summed E-state index contributed by atoms with van der Waals surface area (Å²) in [4.78, 5) is 23.2. The Balaban J connectivity index is 1.75. The highest BCUT2D eigenvalue weighted by Gasteiger charge is 2.10. The van der Waals surface area contributed by atoms with Gasteiger partial charge in [0, 0.05) is 22.7 Å². The van der Waals surface area contributed by atoms with Crippen LogP contribution in [-0.2, 0) is 4.79 Å². The number of halogens is 1. The summed E-state index contributed by atoms with van der Waals surface area (Å²) in [5, 5.41) is 23.5. The SMILES string of the molecule is C=C/C(=C\C=C(/C)CC(=O)Nc1ccc(C(=O)O)cc1)c1cc(Cl)ccc1-n1cnnn1. The number of hydrogen-bond acceptors (Lipinski definition) is 5. The van der Waals surface area contributed by atoms with Gasteiger partial charge in [0.2, 0.25) is 5.91 Å². The molecule has 0 spiro atoms. The summed E-state index contributed by atoms with van der Waals surface area (Å²) >= 11 is 6.19. The van der Waals surface area contributed by atoms with Gasteiger partial charge < -0.3 is 10.4 Å². The van der Waals surface area contributed by atoms with Gasteiger partial charge in [-0.15, -0.1) is 5.10 Å². The molecular weight excluding hydrogens is 430 g/mol. The Labute approximate surface area is 189 Å². The molecule has 32 heavy (non-hydrogen) atoms. The standard InChI is InChI=1S/C23H20ClN5O3/c1-3-16(20-13-18(24)8-11-21(20)29-14-25-27-28-29)5-4-15(2)12-22(30)26-19-9-6-17(7-10-19)23(31)32/h3-11,13-14H,1,12H2,2H3,(H,26,30)(H,31,32)/b15-4+,16-5+. The van der Waals surface area contributed by atoms with E-state index in [0.29, 0.717) is 10.7 Å². The number of carbonyl (C=O) groups excluding carboxylic acids is 1. The zero-order valence-corrected chi connectivity index (χ0v) is 18.0. The Morgan fingerprint density at radius 3 is 2.56 bits per heavy atom. The summed E-state index contributed by atoms with van der Waals surface area (Å²) in [6, 6.07) is 11.3. The molecule has 0 unspecified atom stereocenters. The van der Waals surface area contributed by atoms with Gasteiger partial charge in [-0.1, -0.05) is 42.0 Å². The van der Waals surface area contributed by atoms with Crippen molar-refractivity contribution < 1.29 is 14.7 Å². The summed E-state index contributed by atoms with van der Waals surface area (Å²) < 4.78 is 1.53. The monoisotopic (exact) mass is 449 g/mol. The van der Waals surface area contributed by atoms with Crippen molar-refractivity contribution in [2.24, 2.45) is 0 Å². The molecule has 1 aromatic heterocycles. The number of carbonyl (C=O) groups is 2. The summed E-state index contributed by atoms with van der Waals surface area (Å²) in [6.45, 7) is 5.72. The lowest BCUT2D eigenvalue weighted by Gasteiger charge is -2.10. The quantitative estimate of drug-likeness (QED) is 0.488. The molecule has 0 aliphatic rings. The lowest BCUT2D eigenvalue weighted by Crippen LogP contribution is -2.11. The summed E-state index contributed by atoms with van der Waals surface area (Å²) in [5.41, 5.74) is 3.80. The molecule has 0 saturated heterocycles. The lowest BCUT2D eigenvalue weighted by atomic mass is 10.0. The Morgan fingerprint density at radius 2 is 1.94 bits per heavy atom. The first-order valence-corrected chi connectivity index (χ1v) is 9.91. The second-order valence-electron chi connectivity index (χ2n) is 6.86. The molecule has 162 valence electrons. The molecule has 0 saturated carbocycles. The molecule has 0 aliphatic heterocycles. The third-order valence-electron chi connectivity index (χ3n) is 4.49. The van der Waals surface area contributed by atoms with E-state index >= 15 is 0 Å². The summed E-state index contributed by atoms with van der Waals surface area (Å²) in [7, 11) is 0. The van der Waals surface area contributed by atoms with E-state index < -0.39 is 5.97 Å². The minimum atomic E-state index is -1.02. The molecule has 0 fully saturated rings. The smallest absolute Gasteiger partial charge is 0.335 e. The highest BCUT2D eigenvalue weighted by Crippen LogP contribution is 2.27. The molecule has 1 amide bonds. The number of aromatic nitrogens is 4. The first-order valence-electron chi connectivity index (χ1n) is 9.53. The first kappa shape index (κ1) is 22.6. The van der Waals surface area contributed by atoms with E-state index in [1.807, 2.05) is 25.1 Å². The van der Waals surface area contributed by atoms with Crippen LogP contribution in [0.4, 0.5) is 5.69 Å². The van der Waals surface area contributed by atoms with Crippen LogP contribution in [0.3, 0.4) is 0 Å². The highest BCUT2D eigenvalue weighted by molar-refractivity contribution is 6.30. The second kappa shape index (κ2) is 10.3. The van der Waals surface area contributed by atoms with E-state index in [9.17, 15) is 9.59 Å². The molecule has 0 radical (unpaired) electrons. The van der Waals surface area contributed by atoms with Crippen LogP contribution in [0.25, 0.3) is 11.3 Å². The Hall–Kier alpha value is -4.04. The number of hydrogen-bond donors (Lipinski definition) is 2. The van der Waals surface area contributed by atoms with Crippen molar-refractivity contribution in [1.82, 2.24) is 20.2 Å². The molecule has 1 heterocycles. The van der Waals surface area contributed by atoms with E-state index in [-0.39, 0.29) is 17.9 Å². The number of anilines is 1. The van der Waals surface area contributed by atoms with Gasteiger partial charge in [0.15, 0.2) is 0 Å². The van der Waals surface area contributed by atoms with Gasteiger partial charge in [0.1, 0.15) is 6.33 Å². The Kier molecular flexibility index (Phi) is 7.30. The molecule has 3 aromatic rings. The zero-order valence-electron chi connectivity index (χ0n) is 17.2. The summed E-state index contributed by atoms with van der Waals surface area (Å²) in [6.07, 6.45) is 7.01. The van der Waals surface area contributed by atoms with Crippen molar-refractivity contribution in [2.45, 2.75) is 13.3 Å². The number of nitrogens with zero attached hydrogens (tertiary/aromatic N) is 4. The maximum absolute atomic E-state index is 12.3. The van der Waals surface area contributed by atoms with Crippen LogP contribution >= 0.6 is 11.6 Å². The molecular formula is C23H20ClN5O3. The molecule has 3 rings (SSSR count). The van der Waals surface area contributed by atoms with Crippen molar-refractivity contribution in [3.05, 3.63) is 95.3 Å². The van der Waals surface area contributed by atoms with Crippen molar-refractivity contribution in [1.29, 1.82) is 0 Å². The molecule has 2 aromatic carbocycles. The van der Waals surface area contributed by atoms with Gasteiger partial charge in [-0.05, 0) is 65.4 Å². The number of rotatable bonds is 8. The van der Waals surface area contributed by atoms with Crippen LogP contribution in [0.1, 0.15) is 29.3 Å². The minimum Gasteiger partial charge on any atom is -0.478 e. The van der Waals surface area contributed by atoms with Crippen molar-refractivity contribution in [3.63, 3.8) is 0 Å². The third kappa shape index (κ3) is 5.77. The number of allylic oxidation sites excluding steroid dienone is 4. The molecule has 8 nitrogen and oxygen atoms in total. The van der Waals surface area contributed by atoms with Crippen LogP contribution in [-0.4, -0.2) is 37.2 Å². The van der Waals surface area contributed by atoms with Crippen molar-refractivity contribution >= 4 is 34.7 Å². The van der Waals surface area contributed by atoms with Crippen LogP contribution in [0.15, 0.2) is 79.2 Å². The van der Waals surface area contributed by atoms with Crippen LogP contribution in [0.5, 0.6) is 0 Å². The number of carboxylic acid groups (broad SMARTS) is 1. The summed E-state index contributed by atoms with van der Waals surface area (Å²) in [5.74, 6) is -1.23. The Morgan fingerprint density at radius 1 is 1.19 bits per heavy atom. The van der Waals surface area contributed by atoms with E-state index in [4.69, 9.17) is 16.7 Å². The minimum absolute atomic E-state index is 0.156. The van der Waals surface area contributed by atoms with Gasteiger partial charge in [-0.2, -0.15) is 4.68 Å². The maximum atomic E-state index is 12.3. The zero-order chi connectivity index (χ0) is 23.1. The second-order valence-corrected chi connectivity index (χ2v) is 7.30. The van der Waals surface area contributed by atoms with Crippen molar-refractivity contribution in [3.8, 4) is 5.69 Å². The maximum Gasteiger partial charge on any atom is 0.335 e. The molecule has 0 atom stereocenters. The lowest BCUT2D eigenvalue weighted by molar-refractivity contribution is -0.115. The largest absolute Gasteiger partial charge is 0.478 e. The first-order chi connectivity index (χ1) is 15.4. The van der Waals surface area contributed by atoms with Crippen LogP contribution < -0.4 is 5.32 Å². The molecule has 2 N–H and O–H groups in total. The number of aromatic carboxylic acids is 1. The van der Waals surface area contributed by atoms with Crippen LogP contribution in [0, 0.1) is 0 Å². The normalized spacial score (nSPS) is 11.8. The van der Waals surface area contributed by atoms with Crippen LogP contribution in [0.2, 0.25) is 5.02 Å². The van der Waals surface area contributed by atoms with E-state index in [0.717, 1.165) is 22.4 Å². The fourth-order valence-electron chi connectivity index (χ4n) is 2.92. The number of tetrazole rings is 1. The highest BCUT2D eigenvalue weighted by atomic mass is 35.5. The van der Waals surface area contributed by atoms with Gasteiger partial charge in [-0.25, -0.2) is 4.79 Å². The van der Waals surface area contributed by atoms with E-state index in [2.05, 4.69) is 27.4 Å².